The van der Waals surface area contributed by atoms with E-state index in [9.17, 15) is 74.6 Å². The second-order valence-corrected chi connectivity index (χ2v) is 6.17. The maximum absolute atomic E-state index is 13.9. The second kappa shape index (κ2) is 7.43. The molecule has 0 radical (unpaired) electrons. The Bertz CT molecular complexity index is 601. The fraction of sp³-hybridized carbons (Fsp3) is 1.00. The lowest BCUT2D eigenvalue weighted by atomic mass is 9.84. The molecule has 0 aliphatic rings. The zero-order valence-corrected chi connectivity index (χ0v) is 14.1. The molecule has 0 rings (SSSR count). The molecule has 0 aromatic carbocycles. The Kier molecular flexibility index (Phi) is 7.12. The minimum Gasteiger partial charge on any atom is -0.265 e. The summed E-state index contributed by atoms with van der Waals surface area (Å²) < 4.78 is 222. The summed E-state index contributed by atoms with van der Waals surface area (Å²) in [4.78, 5) is 0. The van der Waals surface area contributed by atoms with Crippen molar-refractivity contribution in [1.29, 1.82) is 0 Å². The number of hydrogen-bond donors (Lipinski definition) is 0. The molecule has 0 fully saturated rings. The molecule has 0 aliphatic carbocycles. The summed E-state index contributed by atoms with van der Waals surface area (Å²) in [5.41, 5.74) is -5.86. The predicted molar refractivity (Wildman–Crippen MR) is 61.5 cm³/mol. The van der Waals surface area contributed by atoms with Gasteiger partial charge in [0.25, 0.3) is 0 Å². The van der Waals surface area contributed by atoms with E-state index in [-0.39, 0.29) is 0 Å². The van der Waals surface area contributed by atoms with Crippen LogP contribution in [0.25, 0.3) is 0 Å². The lowest BCUT2D eigenvalue weighted by Crippen LogP contribution is -2.67. The van der Waals surface area contributed by atoms with Crippen molar-refractivity contribution in [3.8, 4) is 0 Å². The van der Waals surface area contributed by atoms with E-state index < -0.39 is 74.2 Å². The van der Waals surface area contributed by atoms with Crippen molar-refractivity contribution in [3.63, 3.8) is 0 Å². The van der Waals surface area contributed by atoms with Gasteiger partial charge in [0.15, 0.2) is 5.67 Å². The number of ether oxygens (including phenoxy) is 1. The van der Waals surface area contributed by atoms with Gasteiger partial charge in [-0.15, -0.1) is 0 Å². The molecule has 2 unspecified atom stereocenters. The van der Waals surface area contributed by atoms with Gasteiger partial charge in [0, 0.05) is 6.92 Å². The van der Waals surface area contributed by atoms with E-state index in [0.29, 0.717) is 0 Å². The van der Waals surface area contributed by atoms with Gasteiger partial charge in [0.05, 0.1) is 6.42 Å². The molecular formula is C12H9F17O. The van der Waals surface area contributed by atoms with E-state index in [1.165, 1.54) is 0 Å². The van der Waals surface area contributed by atoms with E-state index >= 15 is 0 Å². The average Bonchev–Trinajstić information content (AvgIpc) is 2.42. The van der Waals surface area contributed by atoms with Crippen LogP contribution in [0.1, 0.15) is 20.3 Å². The number of halogens is 17. The molecule has 1 nitrogen and oxygen atoms in total. The fourth-order valence-corrected chi connectivity index (χ4v) is 1.82. The van der Waals surface area contributed by atoms with Gasteiger partial charge in [-0.05, 0) is 6.92 Å². The highest BCUT2D eigenvalue weighted by Crippen LogP contribution is 2.58. The molecule has 0 aromatic rings. The highest BCUT2D eigenvalue weighted by Gasteiger charge is 2.82. The first-order valence-electron chi connectivity index (χ1n) is 6.93. The summed E-state index contributed by atoms with van der Waals surface area (Å²) >= 11 is 0. The Morgan fingerprint density at radius 2 is 1.00 bits per heavy atom. The van der Waals surface area contributed by atoms with E-state index in [0.717, 1.165) is 0 Å². The second-order valence-electron chi connectivity index (χ2n) is 6.17. The van der Waals surface area contributed by atoms with Crippen molar-refractivity contribution in [2.24, 2.45) is 0 Å². The van der Waals surface area contributed by atoms with Crippen LogP contribution in [-0.2, 0) is 4.74 Å². The van der Waals surface area contributed by atoms with Crippen molar-refractivity contribution in [3.05, 3.63) is 0 Å². The SMILES string of the molecule is CC(F)(F)C(F)(F)C(F)(F)C(C)(F)CC(F)(F)C(F)(OC(F)(F)C(F)F)C(F)(F)F. The highest BCUT2D eigenvalue weighted by molar-refractivity contribution is 5.08. The zero-order chi connectivity index (χ0) is 25.0. The van der Waals surface area contributed by atoms with Gasteiger partial charge in [-0.2, -0.15) is 61.5 Å². The van der Waals surface area contributed by atoms with Crippen molar-refractivity contribution in [2.75, 3.05) is 0 Å². The summed E-state index contributed by atoms with van der Waals surface area (Å²) in [5, 5.41) is 0. The molecule has 18 heteroatoms. The van der Waals surface area contributed by atoms with Crippen LogP contribution in [-0.4, -0.2) is 53.9 Å². The Hall–Kier alpha value is -1.23. The van der Waals surface area contributed by atoms with Gasteiger partial charge in [-0.3, -0.25) is 4.74 Å². The van der Waals surface area contributed by atoms with Crippen molar-refractivity contribution in [2.45, 2.75) is 74.2 Å². The smallest absolute Gasteiger partial charge is 0.265 e. The van der Waals surface area contributed by atoms with Gasteiger partial charge in [0.1, 0.15) is 0 Å². The summed E-state index contributed by atoms with van der Waals surface area (Å²) in [6, 6.07) is 0. The van der Waals surface area contributed by atoms with E-state index in [2.05, 4.69) is 0 Å². The monoisotopic (exact) mass is 492 g/mol. The molecule has 0 bridgehead atoms. The lowest BCUT2D eigenvalue weighted by Gasteiger charge is -2.42. The summed E-state index contributed by atoms with van der Waals surface area (Å²) in [5.74, 6) is -34.1. The molecule has 0 aromatic heterocycles. The molecule has 0 saturated heterocycles. The van der Waals surface area contributed by atoms with Gasteiger partial charge in [-0.1, -0.05) is 0 Å². The van der Waals surface area contributed by atoms with Gasteiger partial charge in [0.2, 0.25) is 0 Å². The quantitative estimate of drug-likeness (QED) is 0.323. The van der Waals surface area contributed by atoms with Crippen LogP contribution in [0.3, 0.4) is 0 Å². The fourth-order valence-electron chi connectivity index (χ4n) is 1.82. The Balaban J connectivity index is 6.43. The van der Waals surface area contributed by atoms with Crippen molar-refractivity contribution in [1.82, 2.24) is 0 Å². The van der Waals surface area contributed by atoms with Crippen molar-refractivity contribution < 1.29 is 79.4 Å². The molecule has 0 amide bonds. The minimum absolute atomic E-state index is 0.962. The third kappa shape index (κ3) is 4.66. The third-order valence-electron chi connectivity index (χ3n) is 3.52. The van der Waals surface area contributed by atoms with E-state index in [1.807, 2.05) is 0 Å². The van der Waals surface area contributed by atoms with Crippen molar-refractivity contribution >= 4 is 0 Å². The Morgan fingerprint density at radius 1 is 0.633 bits per heavy atom. The van der Waals surface area contributed by atoms with Crippen LogP contribution in [0.15, 0.2) is 0 Å². The summed E-state index contributed by atoms with van der Waals surface area (Å²) in [6.45, 7) is -2.06. The molecule has 0 N–H and O–H groups in total. The van der Waals surface area contributed by atoms with Crippen LogP contribution in [0.4, 0.5) is 74.6 Å². The lowest BCUT2D eigenvalue weighted by molar-refractivity contribution is -0.476. The molecule has 2 atom stereocenters. The highest BCUT2D eigenvalue weighted by atomic mass is 19.4. The molecule has 0 saturated carbocycles. The standard InChI is InChI=1S/C12H9F17O/c1-5(15,9(22,23)10(24,25)6(2,16)17)3-7(18,19)11(26,12(27,28)29)30-8(20,21)4(13)14/h4H,3H2,1-2H3. The molecule has 0 spiro atoms. The van der Waals surface area contributed by atoms with Gasteiger partial charge >= 0.3 is 48.3 Å². The Labute approximate surface area is 155 Å². The minimum atomic E-state index is -7.46. The number of rotatable bonds is 9. The van der Waals surface area contributed by atoms with Gasteiger partial charge < -0.3 is 0 Å². The molecule has 0 aliphatic heterocycles. The first-order chi connectivity index (χ1) is 12.6. The maximum Gasteiger partial charge on any atom is 0.455 e. The van der Waals surface area contributed by atoms with Crippen LogP contribution in [0, 0.1) is 0 Å². The largest absolute Gasteiger partial charge is 0.455 e. The van der Waals surface area contributed by atoms with Crippen LogP contribution >= 0.6 is 0 Å². The third-order valence-corrected chi connectivity index (χ3v) is 3.52. The maximum atomic E-state index is 13.9. The Morgan fingerprint density at radius 3 is 1.27 bits per heavy atom. The zero-order valence-electron chi connectivity index (χ0n) is 14.1. The van der Waals surface area contributed by atoms with Crippen LogP contribution < -0.4 is 0 Å². The summed E-state index contributed by atoms with van der Waals surface area (Å²) in [6.07, 6.45) is -23.7. The molecule has 30 heavy (non-hydrogen) atoms. The van der Waals surface area contributed by atoms with E-state index in [4.69, 9.17) is 0 Å². The van der Waals surface area contributed by atoms with E-state index in [1.54, 1.807) is 4.74 Å². The molecule has 0 heterocycles. The van der Waals surface area contributed by atoms with Gasteiger partial charge in [-0.25, -0.2) is 13.2 Å². The number of hydrogen-bond acceptors (Lipinski definition) is 1. The van der Waals surface area contributed by atoms with Crippen LogP contribution in [0.5, 0.6) is 0 Å². The number of alkyl halides is 17. The normalized spacial score (nSPS) is 19.6. The summed E-state index contributed by atoms with van der Waals surface area (Å²) in [7, 11) is 0. The average molecular weight is 492 g/mol. The first-order valence-corrected chi connectivity index (χ1v) is 6.93. The molecular weight excluding hydrogens is 483 g/mol. The first kappa shape index (κ1) is 28.8. The topological polar surface area (TPSA) is 9.23 Å². The molecule has 182 valence electrons. The predicted octanol–water partition coefficient (Wildman–Crippen LogP) is 6.77. The van der Waals surface area contributed by atoms with Crippen LogP contribution in [0.2, 0.25) is 0 Å².